The molecular weight excluding hydrogens is 276 g/mol. The maximum absolute atomic E-state index is 12.0. The number of hydrogen-bond acceptors (Lipinski definition) is 2. The van der Waals surface area contributed by atoms with Gasteiger partial charge in [0.15, 0.2) is 0 Å². The fourth-order valence-electron chi connectivity index (χ4n) is 2.69. The summed E-state index contributed by atoms with van der Waals surface area (Å²) < 4.78 is 1.77. The Labute approximate surface area is 129 Å². The highest BCUT2D eigenvalue weighted by Gasteiger charge is 2.08. The average Bonchev–Trinajstić information content (AvgIpc) is 3.06. The van der Waals surface area contributed by atoms with E-state index < -0.39 is 0 Å². The van der Waals surface area contributed by atoms with Gasteiger partial charge in [0.2, 0.25) is 5.91 Å². The van der Waals surface area contributed by atoms with E-state index in [-0.39, 0.29) is 5.91 Å². The van der Waals surface area contributed by atoms with E-state index in [1.807, 2.05) is 44.6 Å². The largest absolute Gasteiger partial charge is 0.361 e. The zero-order valence-electron chi connectivity index (χ0n) is 12.9. The molecule has 5 nitrogen and oxygen atoms in total. The first-order valence-electron chi connectivity index (χ1n) is 7.44. The van der Waals surface area contributed by atoms with Gasteiger partial charge in [-0.15, -0.1) is 0 Å². The van der Waals surface area contributed by atoms with Crippen molar-refractivity contribution in [3.05, 3.63) is 53.5 Å². The van der Waals surface area contributed by atoms with E-state index in [0.717, 1.165) is 23.2 Å². The molecule has 5 heteroatoms. The van der Waals surface area contributed by atoms with Gasteiger partial charge in [0.1, 0.15) is 0 Å². The maximum Gasteiger partial charge on any atom is 0.220 e. The molecule has 0 aliphatic carbocycles. The molecule has 0 spiro atoms. The van der Waals surface area contributed by atoms with Gasteiger partial charge in [-0.2, -0.15) is 5.10 Å². The Balaban J connectivity index is 1.55. The second kappa shape index (κ2) is 6.05. The lowest BCUT2D eigenvalue weighted by Crippen LogP contribution is -2.23. The van der Waals surface area contributed by atoms with Crippen molar-refractivity contribution < 1.29 is 4.79 Å². The molecule has 0 aliphatic heterocycles. The molecule has 2 aromatic heterocycles. The fourth-order valence-corrected chi connectivity index (χ4v) is 2.69. The van der Waals surface area contributed by atoms with Crippen LogP contribution in [0.4, 0.5) is 0 Å². The van der Waals surface area contributed by atoms with Crippen LogP contribution in [-0.2, 0) is 24.8 Å². The van der Waals surface area contributed by atoms with Gasteiger partial charge in [-0.05, 0) is 25.0 Å². The van der Waals surface area contributed by atoms with E-state index in [9.17, 15) is 4.79 Å². The first kappa shape index (κ1) is 14.4. The molecule has 22 heavy (non-hydrogen) atoms. The quantitative estimate of drug-likeness (QED) is 0.759. The number of carbonyl (C=O) groups excluding carboxylic acids is 1. The van der Waals surface area contributed by atoms with Crippen LogP contribution in [0, 0.1) is 6.92 Å². The van der Waals surface area contributed by atoms with Gasteiger partial charge < -0.3 is 10.3 Å². The summed E-state index contributed by atoms with van der Waals surface area (Å²) in [4.78, 5) is 15.3. The van der Waals surface area contributed by atoms with Crippen LogP contribution >= 0.6 is 0 Å². The molecule has 0 atom stereocenters. The van der Waals surface area contributed by atoms with Gasteiger partial charge >= 0.3 is 0 Å². The smallest absolute Gasteiger partial charge is 0.220 e. The molecule has 114 valence electrons. The number of aromatic nitrogens is 3. The molecule has 0 unspecified atom stereocenters. The van der Waals surface area contributed by atoms with Crippen LogP contribution in [0.2, 0.25) is 0 Å². The van der Waals surface area contributed by atoms with Crippen LogP contribution in [0.3, 0.4) is 0 Å². The lowest BCUT2D eigenvalue weighted by atomic mass is 10.1. The highest BCUT2D eigenvalue weighted by atomic mass is 16.1. The van der Waals surface area contributed by atoms with Gasteiger partial charge in [0.25, 0.3) is 0 Å². The van der Waals surface area contributed by atoms with E-state index >= 15 is 0 Å². The van der Waals surface area contributed by atoms with Gasteiger partial charge in [0, 0.05) is 48.9 Å². The van der Waals surface area contributed by atoms with E-state index in [4.69, 9.17) is 0 Å². The zero-order chi connectivity index (χ0) is 15.5. The Kier molecular flexibility index (Phi) is 3.96. The van der Waals surface area contributed by atoms with Crippen molar-refractivity contribution in [3.8, 4) is 0 Å². The third-order valence-electron chi connectivity index (χ3n) is 3.89. The second-order valence-corrected chi connectivity index (χ2v) is 5.55. The molecule has 0 saturated heterocycles. The van der Waals surface area contributed by atoms with Gasteiger partial charge in [-0.25, -0.2) is 0 Å². The molecule has 0 radical (unpaired) electrons. The van der Waals surface area contributed by atoms with Crippen molar-refractivity contribution >= 4 is 16.8 Å². The van der Waals surface area contributed by atoms with E-state index in [1.54, 1.807) is 4.68 Å². The minimum absolute atomic E-state index is 0.0635. The van der Waals surface area contributed by atoms with Crippen molar-refractivity contribution in [2.45, 2.75) is 26.3 Å². The number of nitrogens with one attached hydrogen (secondary N) is 2. The van der Waals surface area contributed by atoms with E-state index in [1.165, 1.54) is 10.9 Å². The van der Waals surface area contributed by atoms with E-state index in [2.05, 4.69) is 21.5 Å². The van der Waals surface area contributed by atoms with Crippen LogP contribution < -0.4 is 5.32 Å². The van der Waals surface area contributed by atoms with Gasteiger partial charge in [-0.3, -0.25) is 9.48 Å². The number of benzene rings is 1. The number of H-pyrrole nitrogens is 1. The van der Waals surface area contributed by atoms with Crippen LogP contribution in [0.15, 0.2) is 36.7 Å². The molecule has 2 N–H and O–H groups in total. The third kappa shape index (κ3) is 3.03. The molecule has 0 aliphatic rings. The molecule has 2 heterocycles. The summed E-state index contributed by atoms with van der Waals surface area (Å²) in [5.41, 5.74) is 4.31. The number of rotatable bonds is 5. The highest BCUT2D eigenvalue weighted by Crippen LogP contribution is 2.18. The minimum atomic E-state index is 0.0635. The molecule has 3 rings (SSSR count). The summed E-state index contributed by atoms with van der Waals surface area (Å²) in [7, 11) is 1.88. The summed E-state index contributed by atoms with van der Waals surface area (Å²) in [5, 5.41) is 8.43. The average molecular weight is 296 g/mol. The SMILES string of the molecule is Cc1nn(C)cc1CNC(=O)CCc1c[nH]c2ccccc12. The van der Waals surface area contributed by atoms with Crippen LogP contribution in [-0.4, -0.2) is 20.7 Å². The minimum Gasteiger partial charge on any atom is -0.361 e. The Morgan fingerprint density at radius 3 is 2.91 bits per heavy atom. The summed E-state index contributed by atoms with van der Waals surface area (Å²) in [6.07, 6.45) is 5.15. The summed E-state index contributed by atoms with van der Waals surface area (Å²) in [6, 6.07) is 8.15. The lowest BCUT2D eigenvalue weighted by Gasteiger charge is -2.04. The molecule has 0 saturated carbocycles. The first-order chi connectivity index (χ1) is 10.6. The van der Waals surface area contributed by atoms with Crippen molar-refractivity contribution in [3.63, 3.8) is 0 Å². The number of amides is 1. The highest BCUT2D eigenvalue weighted by molar-refractivity contribution is 5.84. The normalized spacial score (nSPS) is 11.0. The van der Waals surface area contributed by atoms with Crippen molar-refractivity contribution in [1.29, 1.82) is 0 Å². The van der Waals surface area contributed by atoms with Crippen molar-refractivity contribution in [2.24, 2.45) is 7.05 Å². The van der Waals surface area contributed by atoms with Crippen molar-refractivity contribution in [2.75, 3.05) is 0 Å². The third-order valence-corrected chi connectivity index (χ3v) is 3.89. The molecule has 0 bridgehead atoms. The molecule has 0 fully saturated rings. The second-order valence-electron chi connectivity index (χ2n) is 5.55. The fraction of sp³-hybridized carbons (Fsp3) is 0.294. The maximum atomic E-state index is 12.0. The van der Waals surface area contributed by atoms with Crippen LogP contribution in [0.25, 0.3) is 10.9 Å². The Hall–Kier alpha value is -2.56. The Morgan fingerprint density at radius 1 is 1.32 bits per heavy atom. The van der Waals surface area contributed by atoms with E-state index in [0.29, 0.717) is 13.0 Å². The van der Waals surface area contributed by atoms with Crippen LogP contribution in [0.1, 0.15) is 23.2 Å². The summed E-state index contributed by atoms with van der Waals surface area (Å²) in [6.45, 7) is 2.49. The number of hydrogen-bond donors (Lipinski definition) is 2. The number of aromatic amines is 1. The van der Waals surface area contributed by atoms with Gasteiger partial charge in [0.05, 0.1) is 5.69 Å². The van der Waals surface area contributed by atoms with Gasteiger partial charge in [-0.1, -0.05) is 18.2 Å². The van der Waals surface area contributed by atoms with Crippen LogP contribution in [0.5, 0.6) is 0 Å². The Morgan fingerprint density at radius 2 is 2.14 bits per heavy atom. The predicted molar refractivity (Wildman–Crippen MR) is 86.4 cm³/mol. The molecular formula is C17H20N4O. The number of nitrogens with zero attached hydrogens (tertiary/aromatic N) is 2. The molecule has 1 aromatic carbocycles. The monoisotopic (exact) mass is 296 g/mol. The topological polar surface area (TPSA) is 62.7 Å². The standard InChI is InChI=1S/C17H20N4O/c1-12-14(11-21(2)20-12)10-19-17(22)8-7-13-9-18-16-6-4-3-5-15(13)16/h3-6,9,11,18H,7-8,10H2,1-2H3,(H,19,22). The predicted octanol–water partition coefficient (Wildman–Crippen LogP) is 2.46. The van der Waals surface area contributed by atoms with Crippen molar-refractivity contribution in [1.82, 2.24) is 20.1 Å². The zero-order valence-corrected chi connectivity index (χ0v) is 12.9. The number of fused-ring (bicyclic) bond motifs is 1. The summed E-state index contributed by atoms with van der Waals surface area (Å²) in [5.74, 6) is 0.0635. The number of para-hydroxylation sites is 1. The lowest BCUT2D eigenvalue weighted by molar-refractivity contribution is -0.121. The number of aryl methyl sites for hydroxylation is 3. The first-order valence-corrected chi connectivity index (χ1v) is 7.44. The molecule has 3 aromatic rings. The summed E-state index contributed by atoms with van der Waals surface area (Å²) >= 11 is 0. The number of carbonyl (C=O) groups is 1. The molecule has 1 amide bonds. The Bertz CT molecular complexity index is 800.